The Balaban J connectivity index is 1.45. The summed E-state index contributed by atoms with van der Waals surface area (Å²) in [5.41, 5.74) is 5.24. The van der Waals surface area contributed by atoms with Crippen LogP contribution in [0.5, 0.6) is 5.75 Å². The minimum Gasteiger partial charge on any atom is -0.422 e. The normalized spacial score (nSPS) is 11.0. The Labute approximate surface area is 257 Å². The molecule has 0 fully saturated rings. The molecular weight excluding hydrogens is 651 g/mol. The van der Waals surface area contributed by atoms with Gasteiger partial charge in [-0.2, -0.15) is 10.4 Å². The second-order valence-corrected chi connectivity index (χ2v) is 10.8. The number of hydrazone groups is 1. The first-order valence-electron chi connectivity index (χ1n) is 11.9. The van der Waals surface area contributed by atoms with E-state index in [1.165, 1.54) is 24.4 Å². The minimum atomic E-state index is -0.691. The lowest BCUT2D eigenvalue weighted by Gasteiger charge is -2.09. The summed E-state index contributed by atoms with van der Waals surface area (Å²) in [6.45, 7) is 0. The molecule has 5 aromatic rings. The number of fused-ring (bicyclic) bond motifs is 1. The van der Waals surface area contributed by atoms with E-state index in [2.05, 4.69) is 37.5 Å². The van der Waals surface area contributed by atoms with Crippen LogP contribution >= 0.6 is 50.7 Å². The van der Waals surface area contributed by atoms with Crippen molar-refractivity contribution in [2.75, 3.05) is 0 Å². The van der Waals surface area contributed by atoms with E-state index in [0.717, 1.165) is 0 Å². The third-order valence-electron chi connectivity index (χ3n) is 6.02. The lowest BCUT2D eigenvalue weighted by Crippen LogP contribution is -2.19. The first-order chi connectivity index (χ1) is 19.8. The number of hydrogen-bond donors (Lipinski definition) is 2. The standard InChI is InChI=1S/C30H16BrCl3N4O3/c31-18-8-11-25(41-30(40)21-10-9-19(32)13-24(21)34)17(12-18)15-36-38-29(39)28-26(20-5-1-2-7-23(20)33)22-6-3-4-16(14-35)27(22)37-28/h1-13,15,37H,(H,38,39). The number of aromatic nitrogens is 1. The molecule has 1 heterocycles. The Morgan fingerprint density at radius 2 is 1.78 bits per heavy atom. The molecular formula is C30H16BrCl3N4O3. The predicted molar refractivity (Wildman–Crippen MR) is 164 cm³/mol. The zero-order chi connectivity index (χ0) is 29.1. The highest BCUT2D eigenvalue weighted by molar-refractivity contribution is 9.10. The van der Waals surface area contributed by atoms with Crippen LogP contribution in [0.15, 0.2) is 88.4 Å². The highest BCUT2D eigenvalue weighted by Crippen LogP contribution is 2.37. The van der Waals surface area contributed by atoms with Crippen LogP contribution in [-0.4, -0.2) is 23.1 Å². The molecule has 0 unspecified atom stereocenters. The van der Waals surface area contributed by atoms with Gasteiger partial charge in [0, 0.05) is 36.6 Å². The monoisotopic (exact) mass is 664 g/mol. The van der Waals surface area contributed by atoms with Gasteiger partial charge in [-0.3, -0.25) is 4.79 Å². The average molecular weight is 667 g/mol. The second-order valence-electron chi connectivity index (χ2n) is 8.59. The highest BCUT2D eigenvalue weighted by atomic mass is 79.9. The number of carbonyl (C=O) groups excluding carboxylic acids is 2. The summed E-state index contributed by atoms with van der Waals surface area (Å²) in [4.78, 5) is 29.2. The van der Waals surface area contributed by atoms with Crippen molar-refractivity contribution in [3.63, 3.8) is 0 Å². The number of benzene rings is 4. The van der Waals surface area contributed by atoms with E-state index in [-0.39, 0.29) is 22.0 Å². The first-order valence-corrected chi connectivity index (χ1v) is 13.8. The molecule has 0 spiro atoms. The lowest BCUT2D eigenvalue weighted by atomic mass is 10.0. The molecule has 0 saturated carbocycles. The SMILES string of the molecule is N#Cc1cccc2c(-c3ccccc3Cl)c(C(=O)NN=Cc3cc(Br)ccc3OC(=O)c3ccc(Cl)cc3Cl)[nH]c12. The van der Waals surface area contributed by atoms with Crippen molar-refractivity contribution in [2.24, 2.45) is 5.10 Å². The lowest BCUT2D eigenvalue weighted by molar-refractivity contribution is 0.0734. The molecule has 41 heavy (non-hydrogen) atoms. The van der Waals surface area contributed by atoms with Crippen molar-refractivity contribution in [1.29, 1.82) is 5.26 Å². The maximum absolute atomic E-state index is 13.4. The van der Waals surface area contributed by atoms with Crippen LogP contribution in [0.4, 0.5) is 0 Å². The Hall–Kier alpha value is -4.13. The number of amides is 1. The summed E-state index contributed by atoms with van der Waals surface area (Å²) in [6.07, 6.45) is 1.34. The molecule has 0 aliphatic carbocycles. The first kappa shape index (κ1) is 28.4. The fourth-order valence-corrected chi connectivity index (χ4v) is 5.26. The molecule has 0 aliphatic rings. The number of nitrogens with zero attached hydrogens (tertiary/aromatic N) is 2. The zero-order valence-corrected chi connectivity index (χ0v) is 24.6. The molecule has 5 rings (SSSR count). The smallest absolute Gasteiger partial charge is 0.345 e. The van der Waals surface area contributed by atoms with Gasteiger partial charge in [0.1, 0.15) is 17.5 Å². The van der Waals surface area contributed by atoms with Gasteiger partial charge >= 0.3 is 5.97 Å². The molecule has 202 valence electrons. The molecule has 11 heteroatoms. The Kier molecular flexibility index (Phi) is 8.43. The largest absolute Gasteiger partial charge is 0.422 e. The fraction of sp³-hybridized carbons (Fsp3) is 0. The number of rotatable bonds is 6. The van der Waals surface area contributed by atoms with Crippen LogP contribution in [0.1, 0.15) is 32.0 Å². The summed E-state index contributed by atoms with van der Waals surface area (Å²) in [5.74, 6) is -1.08. The van der Waals surface area contributed by atoms with E-state index in [1.807, 2.05) is 0 Å². The number of nitriles is 1. The van der Waals surface area contributed by atoms with Gasteiger partial charge in [0.25, 0.3) is 5.91 Å². The quantitative estimate of drug-likeness (QED) is 0.0821. The third kappa shape index (κ3) is 5.99. The zero-order valence-electron chi connectivity index (χ0n) is 20.7. The summed E-state index contributed by atoms with van der Waals surface area (Å²) < 4.78 is 6.25. The fourth-order valence-electron chi connectivity index (χ4n) is 4.16. The van der Waals surface area contributed by atoms with E-state index in [1.54, 1.807) is 60.7 Å². The highest BCUT2D eigenvalue weighted by Gasteiger charge is 2.22. The minimum absolute atomic E-state index is 0.137. The number of aromatic amines is 1. The van der Waals surface area contributed by atoms with E-state index >= 15 is 0 Å². The second kappa shape index (κ2) is 12.2. The number of carbonyl (C=O) groups is 2. The molecule has 4 aromatic carbocycles. The molecule has 2 N–H and O–H groups in total. The van der Waals surface area contributed by atoms with Crippen molar-refractivity contribution in [3.8, 4) is 22.9 Å². The summed E-state index contributed by atoms with van der Waals surface area (Å²) in [6, 6.07) is 23.8. The van der Waals surface area contributed by atoms with Gasteiger partial charge in [-0.15, -0.1) is 0 Å². The van der Waals surface area contributed by atoms with Gasteiger partial charge in [-0.1, -0.05) is 81.1 Å². The number of para-hydroxylation sites is 1. The molecule has 1 amide bonds. The van der Waals surface area contributed by atoms with Gasteiger partial charge < -0.3 is 9.72 Å². The molecule has 1 aromatic heterocycles. The maximum atomic E-state index is 13.4. The predicted octanol–water partition coefficient (Wildman–Crippen LogP) is 8.41. The van der Waals surface area contributed by atoms with Crippen LogP contribution < -0.4 is 10.2 Å². The van der Waals surface area contributed by atoms with Gasteiger partial charge in [-0.25, -0.2) is 10.2 Å². The molecule has 7 nitrogen and oxygen atoms in total. The van der Waals surface area contributed by atoms with Crippen molar-refractivity contribution < 1.29 is 14.3 Å². The van der Waals surface area contributed by atoms with Gasteiger partial charge in [-0.05, 0) is 48.5 Å². The van der Waals surface area contributed by atoms with Crippen LogP contribution in [0.2, 0.25) is 15.1 Å². The van der Waals surface area contributed by atoms with Crippen LogP contribution in [0.3, 0.4) is 0 Å². The number of hydrogen-bond acceptors (Lipinski definition) is 5. The van der Waals surface area contributed by atoms with Crippen molar-refractivity contribution >= 4 is 79.7 Å². The van der Waals surface area contributed by atoms with Crippen LogP contribution in [0, 0.1) is 11.3 Å². The topological polar surface area (TPSA) is 107 Å². The number of ether oxygens (including phenoxy) is 1. The van der Waals surface area contributed by atoms with E-state index in [0.29, 0.717) is 47.7 Å². The van der Waals surface area contributed by atoms with Crippen molar-refractivity contribution in [1.82, 2.24) is 10.4 Å². The molecule has 0 radical (unpaired) electrons. The van der Waals surface area contributed by atoms with E-state index < -0.39 is 11.9 Å². The molecule has 0 bridgehead atoms. The van der Waals surface area contributed by atoms with Crippen LogP contribution in [-0.2, 0) is 0 Å². The number of nitrogens with one attached hydrogen (secondary N) is 2. The van der Waals surface area contributed by atoms with Gasteiger partial charge in [0.2, 0.25) is 0 Å². The summed E-state index contributed by atoms with van der Waals surface area (Å²) >= 11 is 22.0. The Morgan fingerprint density at radius 1 is 0.976 bits per heavy atom. The number of H-pyrrole nitrogens is 1. The number of halogens is 4. The van der Waals surface area contributed by atoms with Crippen molar-refractivity contribution in [3.05, 3.63) is 121 Å². The third-order valence-corrected chi connectivity index (χ3v) is 7.39. The van der Waals surface area contributed by atoms with Gasteiger partial charge in [0.15, 0.2) is 0 Å². The van der Waals surface area contributed by atoms with Crippen LogP contribution in [0.25, 0.3) is 22.0 Å². The average Bonchev–Trinajstić information content (AvgIpc) is 3.34. The van der Waals surface area contributed by atoms with Gasteiger partial charge in [0.05, 0.1) is 27.9 Å². The van der Waals surface area contributed by atoms with E-state index in [9.17, 15) is 14.9 Å². The number of esters is 1. The molecule has 0 saturated heterocycles. The Bertz CT molecular complexity index is 1910. The van der Waals surface area contributed by atoms with Crippen molar-refractivity contribution in [2.45, 2.75) is 0 Å². The summed E-state index contributed by atoms with van der Waals surface area (Å²) in [5, 5.41) is 15.3. The molecule has 0 atom stereocenters. The van der Waals surface area contributed by atoms with E-state index in [4.69, 9.17) is 39.5 Å². The maximum Gasteiger partial charge on any atom is 0.345 e. The molecule has 0 aliphatic heterocycles. The Morgan fingerprint density at radius 3 is 2.54 bits per heavy atom. The summed E-state index contributed by atoms with van der Waals surface area (Å²) in [7, 11) is 0.